The number of nitrogens with zero attached hydrogens (tertiary/aromatic N) is 5. The van der Waals surface area contributed by atoms with Gasteiger partial charge in [-0.2, -0.15) is 0 Å². The van der Waals surface area contributed by atoms with Crippen molar-refractivity contribution in [1.82, 2.24) is 24.6 Å². The summed E-state index contributed by atoms with van der Waals surface area (Å²) in [6.07, 6.45) is 1.82. The van der Waals surface area contributed by atoms with Gasteiger partial charge in [-0.1, -0.05) is 23.9 Å². The Balaban J connectivity index is 1.48. The Morgan fingerprint density at radius 3 is 2.96 bits per heavy atom. The van der Waals surface area contributed by atoms with E-state index in [1.165, 1.54) is 11.8 Å². The van der Waals surface area contributed by atoms with Crippen molar-refractivity contribution in [1.29, 1.82) is 0 Å². The number of carbonyl (C=O) groups excluding carboxylic acids is 1. The van der Waals surface area contributed by atoms with Gasteiger partial charge in [0.05, 0.1) is 16.8 Å². The molecular formula is C18H21N5O2S. The minimum atomic E-state index is -0.103. The monoisotopic (exact) mass is 371 g/mol. The lowest BCUT2D eigenvalue weighted by molar-refractivity contribution is -0.129. The number of aryl methyl sites for hydroxylation is 2. The van der Waals surface area contributed by atoms with Crippen molar-refractivity contribution in [3.05, 3.63) is 36.0 Å². The van der Waals surface area contributed by atoms with Gasteiger partial charge in [0.15, 0.2) is 5.16 Å². The summed E-state index contributed by atoms with van der Waals surface area (Å²) in [7, 11) is 0. The number of aromatic nitrogens is 4. The van der Waals surface area contributed by atoms with E-state index in [0.29, 0.717) is 17.5 Å². The predicted molar refractivity (Wildman–Crippen MR) is 98.9 cm³/mol. The van der Waals surface area contributed by atoms with E-state index < -0.39 is 0 Å². The topological polar surface area (TPSA) is 77.0 Å². The van der Waals surface area contributed by atoms with Crippen LogP contribution in [0.25, 0.3) is 11.0 Å². The molecule has 4 rings (SSSR count). The number of benzene rings is 1. The van der Waals surface area contributed by atoms with Crippen LogP contribution in [0.15, 0.2) is 33.8 Å². The highest BCUT2D eigenvalue weighted by Crippen LogP contribution is 2.32. The van der Waals surface area contributed by atoms with Crippen LogP contribution in [0.3, 0.4) is 0 Å². The number of rotatable bonds is 5. The van der Waals surface area contributed by atoms with Gasteiger partial charge in [-0.05, 0) is 31.9 Å². The summed E-state index contributed by atoms with van der Waals surface area (Å²) in [5, 5.41) is 8.87. The highest BCUT2D eigenvalue weighted by Gasteiger charge is 2.33. The normalized spacial score (nSPS) is 17.3. The molecular weight excluding hydrogens is 350 g/mol. The molecule has 0 spiro atoms. The molecule has 3 heterocycles. The predicted octanol–water partition coefficient (Wildman–Crippen LogP) is 3.20. The van der Waals surface area contributed by atoms with Crippen molar-refractivity contribution in [2.45, 2.75) is 44.4 Å². The summed E-state index contributed by atoms with van der Waals surface area (Å²) in [6, 6.07) is 7.95. The van der Waals surface area contributed by atoms with Crippen LogP contribution >= 0.6 is 11.8 Å². The van der Waals surface area contributed by atoms with E-state index in [2.05, 4.69) is 32.7 Å². The molecule has 0 aliphatic carbocycles. The van der Waals surface area contributed by atoms with E-state index in [-0.39, 0.29) is 11.9 Å². The van der Waals surface area contributed by atoms with Crippen LogP contribution in [0.2, 0.25) is 0 Å². The molecule has 0 radical (unpaired) electrons. The molecule has 1 atom stereocenters. The van der Waals surface area contributed by atoms with Crippen molar-refractivity contribution in [2.75, 3.05) is 12.3 Å². The second kappa shape index (κ2) is 7.11. The van der Waals surface area contributed by atoms with Crippen LogP contribution in [0.1, 0.15) is 37.6 Å². The average Bonchev–Trinajstić information content (AvgIpc) is 3.36. The number of para-hydroxylation sites is 2. The summed E-state index contributed by atoms with van der Waals surface area (Å²) >= 11 is 1.49. The van der Waals surface area contributed by atoms with Crippen molar-refractivity contribution in [3.63, 3.8) is 0 Å². The fraction of sp³-hybridized carbons (Fsp3) is 0.444. The van der Waals surface area contributed by atoms with Crippen molar-refractivity contribution < 1.29 is 9.21 Å². The number of hydrogen-bond acceptors (Lipinski definition) is 6. The van der Waals surface area contributed by atoms with Crippen LogP contribution in [0.5, 0.6) is 0 Å². The van der Waals surface area contributed by atoms with E-state index in [0.717, 1.165) is 42.1 Å². The number of thioether (sulfide) groups is 1. The molecule has 0 bridgehead atoms. The molecule has 26 heavy (non-hydrogen) atoms. The van der Waals surface area contributed by atoms with Gasteiger partial charge in [-0.15, -0.1) is 10.2 Å². The molecule has 1 aromatic carbocycles. The van der Waals surface area contributed by atoms with Crippen molar-refractivity contribution >= 4 is 28.7 Å². The molecule has 0 saturated carbocycles. The molecule has 1 fully saturated rings. The maximum absolute atomic E-state index is 12.8. The second-order valence-electron chi connectivity index (χ2n) is 6.32. The van der Waals surface area contributed by atoms with Gasteiger partial charge in [0.2, 0.25) is 17.7 Å². The number of carbonyl (C=O) groups is 1. The third-order valence-electron chi connectivity index (χ3n) is 4.66. The highest BCUT2D eigenvalue weighted by atomic mass is 32.2. The van der Waals surface area contributed by atoms with Gasteiger partial charge < -0.3 is 13.9 Å². The summed E-state index contributed by atoms with van der Waals surface area (Å²) in [5.74, 6) is 1.51. The molecule has 2 aromatic heterocycles. The lowest BCUT2D eigenvalue weighted by Crippen LogP contribution is -2.32. The Kier molecular flexibility index (Phi) is 4.67. The zero-order chi connectivity index (χ0) is 18.1. The highest BCUT2D eigenvalue weighted by molar-refractivity contribution is 7.99. The standard InChI is InChI=1S/C18H21N5O2S/c1-3-22-14-8-5-4-7-13(14)19-18(22)26-11-16(24)23-10-6-9-15(23)17-21-20-12(2)25-17/h4-5,7-8,15H,3,6,9-11H2,1-2H3. The van der Waals surface area contributed by atoms with Gasteiger partial charge in [-0.3, -0.25) is 4.79 Å². The van der Waals surface area contributed by atoms with Gasteiger partial charge in [0, 0.05) is 20.0 Å². The van der Waals surface area contributed by atoms with Gasteiger partial charge in [-0.25, -0.2) is 4.98 Å². The smallest absolute Gasteiger partial charge is 0.238 e. The Morgan fingerprint density at radius 1 is 1.35 bits per heavy atom. The Hall–Kier alpha value is -2.35. The summed E-state index contributed by atoms with van der Waals surface area (Å²) in [6.45, 7) is 5.41. The molecule has 1 saturated heterocycles. The van der Waals surface area contributed by atoms with Crippen LogP contribution in [-0.4, -0.2) is 42.9 Å². The number of hydrogen-bond donors (Lipinski definition) is 0. The largest absolute Gasteiger partial charge is 0.423 e. The van der Waals surface area contributed by atoms with E-state index in [1.807, 2.05) is 23.1 Å². The molecule has 3 aromatic rings. The molecule has 1 amide bonds. The SMILES string of the molecule is CCn1c(SCC(=O)N2CCCC2c2nnc(C)o2)nc2ccccc21. The summed E-state index contributed by atoms with van der Waals surface area (Å²) in [5.41, 5.74) is 2.06. The van der Waals surface area contributed by atoms with Gasteiger partial charge >= 0.3 is 0 Å². The number of amides is 1. The van der Waals surface area contributed by atoms with Crippen LogP contribution in [-0.2, 0) is 11.3 Å². The molecule has 1 unspecified atom stereocenters. The van der Waals surface area contributed by atoms with Crippen molar-refractivity contribution in [2.24, 2.45) is 0 Å². The zero-order valence-corrected chi connectivity index (χ0v) is 15.7. The Labute approximate surface area is 155 Å². The minimum absolute atomic E-state index is 0.0862. The maximum Gasteiger partial charge on any atom is 0.238 e. The fourth-order valence-electron chi connectivity index (χ4n) is 3.45. The third kappa shape index (κ3) is 3.09. The second-order valence-corrected chi connectivity index (χ2v) is 7.26. The van der Waals surface area contributed by atoms with E-state index in [9.17, 15) is 4.79 Å². The Morgan fingerprint density at radius 2 is 2.19 bits per heavy atom. The first-order valence-corrected chi connectivity index (χ1v) is 9.83. The quantitative estimate of drug-likeness (QED) is 0.641. The van der Waals surface area contributed by atoms with E-state index in [4.69, 9.17) is 4.42 Å². The third-order valence-corrected chi connectivity index (χ3v) is 5.62. The van der Waals surface area contributed by atoms with Crippen LogP contribution < -0.4 is 0 Å². The van der Waals surface area contributed by atoms with Gasteiger partial charge in [0.25, 0.3) is 0 Å². The van der Waals surface area contributed by atoms with Crippen LogP contribution in [0.4, 0.5) is 0 Å². The average molecular weight is 371 g/mol. The maximum atomic E-state index is 12.8. The number of likely N-dealkylation sites (tertiary alicyclic amines) is 1. The summed E-state index contributed by atoms with van der Waals surface area (Å²) < 4.78 is 7.70. The molecule has 1 aliphatic heterocycles. The molecule has 1 aliphatic rings. The van der Waals surface area contributed by atoms with Crippen molar-refractivity contribution in [3.8, 4) is 0 Å². The van der Waals surface area contributed by atoms with Crippen LogP contribution in [0, 0.1) is 6.92 Å². The molecule has 8 heteroatoms. The summed E-state index contributed by atoms with van der Waals surface area (Å²) in [4.78, 5) is 19.3. The van der Waals surface area contributed by atoms with Gasteiger partial charge in [0.1, 0.15) is 6.04 Å². The first-order chi connectivity index (χ1) is 12.7. The fourth-order valence-corrected chi connectivity index (χ4v) is 4.41. The minimum Gasteiger partial charge on any atom is -0.423 e. The Bertz CT molecular complexity index is 935. The van der Waals surface area contributed by atoms with E-state index in [1.54, 1.807) is 6.92 Å². The number of imidazole rings is 1. The first kappa shape index (κ1) is 17.1. The lowest BCUT2D eigenvalue weighted by Gasteiger charge is -2.21. The molecule has 136 valence electrons. The molecule has 0 N–H and O–H groups in total. The molecule has 7 nitrogen and oxygen atoms in total. The van der Waals surface area contributed by atoms with E-state index >= 15 is 0 Å². The first-order valence-electron chi connectivity index (χ1n) is 8.85. The lowest BCUT2D eigenvalue weighted by atomic mass is 10.2. The zero-order valence-electron chi connectivity index (χ0n) is 14.9. The number of fused-ring (bicyclic) bond motifs is 1.